The highest BCUT2D eigenvalue weighted by Gasteiger charge is 2.42. The van der Waals surface area contributed by atoms with E-state index in [2.05, 4.69) is 10.6 Å². The molecule has 5 rings (SSSR count). The first kappa shape index (κ1) is 23.5. The van der Waals surface area contributed by atoms with Crippen LogP contribution in [0.5, 0.6) is 0 Å². The number of rotatable bonds is 5. The van der Waals surface area contributed by atoms with E-state index in [1.54, 1.807) is 0 Å². The summed E-state index contributed by atoms with van der Waals surface area (Å²) in [5, 5.41) is 5.02. The number of likely N-dealkylation sites (tertiary alicyclic amines) is 1. The van der Waals surface area contributed by atoms with Gasteiger partial charge in [0.15, 0.2) is 0 Å². The Morgan fingerprint density at radius 2 is 1.97 bits per heavy atom. The van der Waals surface area contributed by atoms with E-state index in [0.29, 0.717) is 19.3 Å². The van der Waals surface area contributed by atoms with Gasteiger partial charge in [0.1, 0.15) is 18.5 Å². The summed E-state index contributed by atoms with van der Waals surface area (Å²) in [7, 11) is 0. The van der Waals surface area contributed by atoms with Crippen LogP contribution >= 0.6 is 11.6 Å². The number of hydrogen-bond acceptors (Lipinski definition) is 6. The summed E-state index contributed by atoms with van der Waals surface area (Å²) in [6.07, 6.45) is 2.21. The van der Waals surface area contributed by atoms with Crippen molar-refractivity contribution in [2.45, 2.75) is 69.8 Å². The Morgan fingerprint density at radius 1 is 1.20 bits per heavy atom. The number of nitrogens with one attached hydrogen (secondary N) is 2. The number of ether oxygens (including phenoxy) is 1. The zero-order valence-electron chi connectivity index (χ0n) is 18.8. The van der Waals surface area contributed by atoms with Crippen molar-refractivity contribution in [2.24, 2.45) is 0 Å². The number of piperidine rings is 1. The molecule has 186 valence electrons. The molecule has 3 aliphatic heterocycles. The van der Waals surface area contributed by atoms with Crippen molar-refractivity contribution in [1.29, 1.82) is 0 Å². The maximum atomic E-state index is 15.2. The molecule has 5 amide bonds. The number of halogens is 2. The third-order valence-electron chi connectivity index (χ3n) is 7.13. The average molecular weight is 507 g/mol. The van der Waals surface area contributed by atoms with Crippen molar-refractivity contribution in [3.8, 4) is 0 Å². The molecule has 1 aromatic carbocycles. The van der Waals surface area contributed by atoms with Gasteiger partial charge in [0.2, 0.25) is 17.7 Å². The molecule has 1 saturated carbocycles. The molecule has 2 saturated heterocycles. The normalized spacial score (nSPS) is 25.9. The van der Waals surface area contributed by atoms with Crippen molar-refractivity contribution >= 4 is 41.3 Å². The van der Waals surface area contributed by atoms with Crippen LogP contribution in [0.25, 0.3) is 0 Å². The van der Waals surface area contributed by atoms with Crippen LogP contribution in [-0.2, 0) is 32.3 Å². The average Bonchev–Trinajstić information content (AvgIpc) is 3.35. The Labute approximate surface area is 205 Å². The van der Waals surface area contributed by atoms with E-state index in [0.717, 1.165) is 13.0 Å². The second-order valence-corrected chi connectivity index (χ2v) is 9.73. The summed E-state index contributed by atoms with van der Waals surface area (Å²) in [6.45, 7) is 0.260. The van der Waals surface area contributed by atoms with Gasteiger partial charge in [0.25, 0.3) is 5.91 Å². The molecule has 0 spiro atoms. The molecule has 0 aromatic heterocycles. The molecule has 35 heavy (non-hydrogen) atoms. The third-order valence-corrected chi connectivity index (χ3v) is 7.46. The van der Waals surface area contributed by atoms with Crippen molar-refractivity contribution in [2.75, 3.05) is 6.54 Å². The summed E-state index contributed by atoms with van der Waals surface area (Å²) in [6, 6.07) is 0.415. The molecule has 1 aliphatic carbocycles. The van der Waals surface area contributed by atoms with Crippen LogP contribution in [0, 0.1) is 5.82 Å². The summed E-state index contributed by atoms with van der Waals surface area (Å²) in [4.78, 5) is 63.6. The lowest BCUT2D eigenvalue weighted by molar-refractivity contribution is -0.137. The van der Waals surface area contributed by atoms with Crippen molar-refractivity contribution in [1.82, 2.24) is 20.4 Å². The minimum atomic E-state index is -0.893. The van der Waals surface area contributed by atoms with Gasteiger partial charge in [-0.2, -0.15) is 0 Å². The number of carbonyl (C=O) groups is 5. The first-order valence-electron chi connectivity index (χ1n) is 11.6. The topological polar surface area (TPSA) is 125 Å². The van der Waals surface area contributed by atoms with Gasteiger partial charge >= 0.3 is 6.09 Å². The molecule has 0 bridgehead atoms. The predicted molar refractivity (Wildman–Crippen MR) is 119 cm³/mol. The fourth-order valence-corrected chi connectivity index (χ4v) is 5.47. The van der Waals surface area contributed by atoms with Crippen LogP contribution in [0.1, 0.15) is 60.0 Å². The fraction of sp³-hybridized carbons (Fsp3) is 0.522. The summed E-state index contributed by atoms with van der Waals surface area (Å²) >= 11 is 6.31. The first-order valence-corrected chi connectivity index (χ1v) is 12.0. The number of fused-ring (bicyclic) bond motifs is 1. The Bertz CT molecular complexity index is 1140. The number of imide groups is 1. The van der Waals surface area contributed by atoms with Crippen LogP contribution in [-0.4, -0.2) is 64.2 Å². The highest BCUT2D eigenvalue weighted by Crippen LogP contribution is 2.36. The van der Waals surface area contributed by atoms with E-state index >= 15 is 4.39 Å². The van der Waals surface area contributed by atoms with Crippen LogP contribution in [0.15, 0.2) is 6.07 Å². The fourth-order valence-electron chi connectivity index (χ4n) is 5.18. The Kier molecular flexibility index (Phi) is 6.12. The Balaban J connectivity index is 1.19. The van der Waals surface area contributed by atoms with Crippen LogP contribution in [0.4, 0.5) is 9.18 Å². The van der Waals surface area contributed by atoms with Gasteiger partial charge in [-0.3, -0.25) is 24.5 Å². The van der Waals surface area contributed by atoms with Gasteiger partial charge in [-0.25, -0.2) is 9.18 Å². The minimum Gasteiger partial charge on any atom is -0.445 e. The van der Waals surface area contributed by atoms with Crippen molar-refractivity contribution < 1.29 is 33.1 Å². The standard InChI is InChI=1S/C23H24ClFN4O6/c24-15-6-11(10-35-23(34)26-12-7-13(8-12)28-5-1-2-18(28)31)20(25)19-14(15)9-29(22(19)33)16-3-4-17(30)27-21(16)32/h6,12-13,16H,1-5,7-10H2,(H,26,34)(H,27,30,32). The van der Waals surface area contributed by atoms with Gasteiger partial charge in [-0.1, -0.05) is 11.6 Å². The molecule has 3 fully saturated rings. The highest BCUT2D eigenvalue weighted by molar-refractivity contribution is 6.32. The number of hydrogen-bond donors (Lipinski definition) is 2. The number of nitrogens with zero attached hydrogens (tertiary/aromatic N) is 2. The van der Waals surface area contributed by atoms with E-state index in [4.69, 9.17) is 16.3 Å². The SMILES string of the molecule is O=C1CCC(N2Cc3c(Cl)cc(COC(=O)NC4CC(N5CCCC5=O)C4)c(F)c3C2=O)C(=O)N1. The van der Waals surface area contributed by atoms with Crippen LogP contribution < -0.4 is 10.6 Å². The van der Waals surface area contributed by atoms with Crippen molar-refractivity contribution in [3.63, 3.8) is 0 Å². The maximum absolute atomic E-state index is 15.2. The molecule has 2 N–H and O–H groups in total. The molecule has 12 heteroatoms. The summed E-state index contributed by atoms with van der Waals surface area (Å²) in [5.41, 5.74) is -0.0566. The predicted octanol–water partition coefficient (Wildman–Crippen LogP) is 1.62. The summed E-state index contributed by atoms with van der Waals surface area (Å²) in [5.74, 6) is -2.43. The third kappa shape index (κ3) is 4.33. The Morgan fingerprint density at radius 3 is 2.66 bits per heavy atom. The minimum absolute atomic E-state index is 0.0554. The maximum Gasteiger partial charge on any atom is 0.407 e. The van der Waals surface area contributed by atoms with Gasteiger partial charge in [-0.05, 0) is 31.7 Å². The molecule has 0 radical (unpaired) electrons. The number of alkyl carbamates (subject to hydrolysis) is 1. The smallest absolute Gasteiger partial charge is 0.407 e. The molecule has 1 unspecified atom stereocenters. The van der Waals surface area contributed by atoms with E-state index < -0.39 is 42.3 Å². The van der Waals surface area contributed by atoms with Crippen molar-refractivity contribution in [3.05, 3.63) is 33.6 Å². The van der Waals surface area contributed by atoms with E-state index in [1.807, 2.05) is 4.90 Å². The van der Waals surface area contributed by atoms with Crippen LogP contribution in [0.2, 0.25) is 5.02 Å². The van der Waals surface area contributed by atoms with Gasteiger partial charge in [0.05, 0.1) is 5.56 Å². The molecular weight excluding hydrogens is 483 g/mol. The van der Waals surface area contributed by atoms with Gasteiger partial charge in [0, 0.05) is 54.2 Å². The molecular formula is C23H24ClFN4O6. The number of amides is 5. The quantitative estimate of drug-likeness (QED) is 0.585. The molecule has 3 heterocycles. The lowest BCUT2D eigenvalue weighted by Gasteiger charge is -2.41. The molecule has 4 aliphatic rings. The second kappa shape index (κ2) is 9.10. The first-order chi connectivity index (χ1) is 16.7. The lowest BCUT2D eigenvalue weighted by atomic mass is 9.86. The monoisotopic (exact) mass is 506 g/mol. The summed E-state index contributed by atoms with van der Waals surface area (Å²) < 4.78 is 20.4. The number of carbonyl (C=O) groups excluding carboxylic acids is 5. The highest BCUT2D eigenvalue weighted by atomic mass is 35.5. The Hall–Kier alpha value is -3.21. The van der Waals surface area contributed by atoms with E-state index in [-0.39, 0.29) is 59.1 Å². The number of benzene rings is 1. The molecule has 10 nitrogen and oxygen atoms in total. The van der Waals surface area contributed by atoms with E-state index in [9.17, 15) is 24.0 Å². The van der Waals surface area contributed by atoms with E-state index in [1.165, 1.54) is 11.0 Å². The lowest BCUT2D eigenvalue weighted by Crippen LogP contribution is -2.54. The largest absolute Gasteiger partial charge is 0.445 e. The molecule has 1 aromatic rings. The zero-order valence-corrected chi connectivity index (χ0v) is 19.5. The zero-order chi connectivity index (χ0) is 24.9. The van der Waals surface area contributed by atoms with Gasteiger partial charge < -0.3 is 19.9 Å². The van der Waals surface area contributed by atoms with Gasteiger partial charge in [-0.15, -0.1) is 0 Å². The molecule has 1 atom stereocenters. The van der Waals surface area contributed by atoms with Crippen LogP contribution in [0.3, 0.4) is 0 Å². The second-order valence-electron chi connectivity index (χ2n) is 9.32.